The molecule has 0 unspecified atom stereocenters. The van der Waals surface area contributed by atoms with E-state index in [0.29, 0.717) is 23.7 Å². The number of amides is 2. The van der Waals surface area contributed by atoms with Crippen molar-refractivity contribution in [3.8, 4) is 17.1 Å². The standard InChI is InChI=1S/C22H23N5O3/c1-13(2)18(27-12-14-8-4-5-9-15(14)21(27)29)20(28)24-22-23-19(25-26-22)16-10-6-7-11-17(16)30-3/h4-11,13,18H,12H2,1-3H3,(H2,23,24,25,26,28)/t18-/m0/s1. The van der Waals surface area contributed by atoms with Crippen molar-refractivity contribution in [2.24, 2.45) is 5.92 Å². The number of nitrogens with zero attached hydrogens (tertiary/aromatic N) is 3. The summed E-state index contributed by atoms with van der Waals surface area (Å²) in [6.07, 6.45) is 0. The first-order valence-corrected chi connectivity index (χ1v) is 9.75. The van der Waals surface area contributed by atoms with Crippen LogP contribution >= 0.6 is 0 Å². The molecule has 0 saturated heterocycles. The van der Waals surface area contributed by atoms with Gasteiger partial charge in [0.1, 0.15) is 11.8 Å². The number of rotatable bonds is 6. The van der Waals surface area contributed by atoms with Gasteiger partial charge in [-0.3, -0.25) is 20.0 Å². The summed E-state index contributed by atoms with van der Waals surface area (Å²) < 4.78 is 5.35. The predicted octanol–water partition coefficient (Wildman–Crippen LogP) is 3.10. The molecule has 30 heavy (non-hydrogen) atoms. The van der Waals surface area contributed by atoms with Crippen LogP contribution in [0.2, 0.25) is 0 Å². The molecule has 4 rings (SSSR count). The first-order valence-electron chi connectivity index (χ1n) is 9.75. The second-order valence-electron chi connectivity index (χ2n) is 7.48. The van der Waals surface area contributed by atoms with Gasteiger partial charge in [0, 0.05) is 12.1 Å². The minimum absolute atomic E-state index is 0.0871. The summed E-state index contributed by atoms with van der Waals surface area (Å²) in [4.78, 5) is 31.9. The number of carbonyl (C=O) groups is 2. The number of aromatic amines is 1. The van der Waals surface area contributed by atoms with Crippen LogP contribution in [0.4, 0.5) is 5.95 Å². The van der Waals surface area contributed by atoms with Gasteiger partial charge in [-0.15, -0.1) is 5.10 Å². The van der Waals surface area contributed by atoms with Gasteiger partial charge in [0.05, 0.1) is 12.7 Å². The molecule has 0 saturated carbocycles. The first-order chi connectivity index (χ1) is 14.5. The molecule has 2 amide bonds. The molecule has 0 spiro atoms. The van der Waals surface area contributed by atoms with Gasteiger partial charge < -0.3 is 9.64 Å². The van der Waals surface area contributed by atoms with E-state index in [1.807, 2.05) is 56.3 Å². The molecular weight excluding hydrogens is 382 g/mol. The Morgan fingerprint density at radius 2 is 1.83 bits per heavy atom. The van der Waals surface area contributed by atoms with Gasteiger partial charge in [-0.2, -0.15) is 4.98 Å². The maximum atomic E-state index is 13.1. The zero-order chi connectivity index (χ0) is 21.3. The Hall–Kier alpha value is -3.68. The SMILES string of the molecule is COc1ccccc1-c1nc(NC(=O)[C@H](C(C)C)N2Cc3ccccc3C2=O)n[nH]1. The van der Waals surface area contributed by atoms with E-state index in [1.165, 1.54) is 0 Å². The third kappa shape index (κ3) is 3.52. The lowest BCUT2D eigenvalue weighted by Crippen LogP contribution is -2.47. The van der Waals surface area contributed by atoms with Crippen molar-refractivity contribution in [1.82, 2.24) is 20.1 Å². The highest BCUT2D eigenvalue weighted by atomic mass is 16.5. The normalized spacial score (nSPS) is 14.0. The molecule has 1 aliphatic rings. The minimum atomic E-state index is -0.641. The maximum Gasteiger partial charge on any atom is 0.255 e. The van der Waals surface area contributed by atoms with Gasteiger partial charge in [-0.05, 0) is 29.7 Å². The topological polar surface area (TPSA) is 100 Å². The Bertz CT molecular complexity index is 1090. The number of aromatic nitrogens is 3. The molecule has 3 aromatic rings. The second-order valence-corrected chi connectivity index (χ2v) is 7.48. The summed E-state index contributed by atoms with van der Waals surface area (Å²) in [6.45, 7) is 4.24. The van der Waals surface area contributed by atoms with Crippen LogP contribution in [0.3, 0.4) is 0 Å². The van der Waals surface area contributed by atoms with Crippen molar-refractivity contribution >= 4 is 17.8 Å². The molecule has 2 heterocycles. The number of hydrogen-bond acceptors (Lipinski definition) is 5. The van der Waals surface area contributed by atoms with Crippen LogP contribution < -0.4 is 10.1 Å². The van der Waals surface area contributed by atoms with Gasteiger partial charge in [0.25, 0.3) is 5.91 Å². The van der Waals surface area contributed by atoms with E-state index < -0.39 is 6.04 Å². The zero-order valence-electron chi connectivity index (χ0n) is 17.0. The molecule has 0 bridgehead atoms. The van der Waals surface area contributed by atoms with Crippen LogP contribution in [0.1, 0.15) is 29.8 Å². The maximum absolute atomic E-state index is 13.1. The van der Waals surface area contributed by atoms with Crippen LogP contribution in [0.15, 0.2) is 48.5 Å². The number of anilines is 1. The molecule has 8 nitrogen and oxygen atoms in total. The van der Waals surface area contributed by atoms with Crippen molar-refractivity contribution in [3.63, 3.8) is 0 Å². The lowest BCUT2D eigenvalue weighted by Gasteiger charge is -2.29. The highest BCUT2D eigenvalue weighted by Gasteiger charge is 2.38. The lowest BCUT2D eigenvalue weighted by molar-refractivity contribution is -0.122. The van der Waals surface area contributed by atoms with Crippen LogP contribution in [0.5, 0.6) is 5.75 Å². The third-order valence-corrected chi connectivity index (χ3v) is 5.17. The minimum Gasteiger partial charge on any atom is -0.496 e. The number of fused-ring (bicyclic) bond motifs is 1. The van der Waals surface area contributed by atoms with Crippen molar-refractivity contribution < 1.29 is 14.3 Å². The van der Waals surface area contributed by atoms with E-state index in [2.05, 4.69) is 20.5 Å². The number of benzene rings is 2. The second kappa shape index (κ2) is 7.98. The Balaban J connectivity index is 1.54. The molecule has 1 atom stereocenters. The highest BCUT2D eigenvalue weighted by molar-refractivity contribution is 6.03. The van der Waals surface area contributed by atoms with E-state index in [1.54, 1.807) is 18.1 Å². The average Bonchev–Trinajstić information content (AvgIpc) is 3.33. The third-order valence-electron chi connectivity index (χ3n) is 5.17. The summed E-state index contributed by atoms with van der Waals surface area (Å²) in [5.74, 6) is 0.730. The molecule has 1 aromatic heterocycles. The molecule has 154 valence electrons. The number of nitrogens with one attached hydrogen (secondary N) is 2. The average molecular weight is 405 g/mol. The van der Waals surface area contributed by atoms with Gasteiger partial charge in [0.15, 0.2) is 5.82 Å². The van der Waals surface area contributed by atoms with E-state index in [-0.39, 0.29) is 23.7 Å². The Labute approximate surface area is 174 Å². The van der Waals surface area contributed by atoms with E-state index in [9.17, 15) is 9.59 Å². The van der Waals surface area contributed by atoms with Crippen LogP contribution in [-0.4, -0.2) is 45.0 Å². The number of methoxy groups -OCH3 is 1. The zero-order valence-corrected chi connectivity index (χ0v) is 17.0. The van der Waals surface area contributed by atoms with E-state index in [0.717, 1.165) is 11.1 Å². The fourth-order valence-corrected chi connectivity index (χ4v) is 3.77. The molecule has 0 aliphatic carbocycles. The quantitative estimate of drug-likeness (QED) is 0.656. The monoisotopic (exact) mass is 405 g/mol. The highest BCUT2D eigenvalue weighted by Crippen LogP contribution is 2.29. The molecule has 2 N–H and O–H groups in total. The summed E-state index contributed by atoms with van der Waals surface area (Å²) >= 11 is 0. The summed E-state index contributed by atoms with van der Waals surface area (Å²) in [5, 5.41) is 9.68. The fourth-order valence-electron chi connectivity index (χ4n) is 3.77. The van der Waals surface area contributed by atoms with Gasteiger partial charge in [-0.1, -0.05) is 44.2 Å². The first kappa shape index (κ1) is 19.6. The molecule has 0 fully saturated rings. The van der Waals surface area contributed by atoms with E-state index >= 15 is 0 Å². The van der Waals surface area contributed by atoms with E-state index in [4.69, 9.17) is 4.74 Å². The Morgan fingerprint density at radius 1 is 1.13 bits per heavy atom. The molecule has 1 aliphatic heterocycles. The van der Waals surface area contributed by atoms with Gasteiger partial charge >= 0.3 is 0 Å². The molecule has 8 heteroatoms. The lowest BCUT2D eigenvalue weighted by atomic mass is 10.0. The summed E-state index contributed by atoms with van der Waals surface area (Å²) in [7, 11) is 1.58. The number of hydrogen-bond donors (Lipinski definition) is 2. The fraction of sp³-hybridized carbons (Fsp3) is 0.273. The number of para-hydroxylation sites is 1. The smallest absolute Gasteiger partial charge is 0.255 e. The van der Waals surface area contributed by atoms with Gasteiger partial charge in [-0.25, -0.2) is 0 Å². The van der Waals surface area contributed by atoms with Crippen LogP contribution in [0, 0.1) is 5.92 Å². The molecule has 0 radical (unpaired) electrons. The number of carbonyl (C=O) groups excluding carboxylic acids is 2. The van der Waals surface area contributed by atoms with Crippen LogP contribution in [-0.2, 0) is 11.3 Å². The predicted molar refractivity (Wildman–Crippen MR) is 112 cm³/mol. The molecular formula is C22H23N5O3. The summed E-state index contributed by atoms with van der Waals surface area (Å²) in [6, 6.07) is 14.2. The van der Waals surface area contributed by atoms with Crippen LogP contribution in [0.25, 0.3) is 11.4 Å². The van der Waals surface area contributed by atoms with Crippen molar-refractivity contribution in [2.75, 3.05) is 12.4 Å². The van der Waals surface area contributed by atoms with Crippen molar-refractivity contribution in [2.45, 2.75) is 26.4 Å². The summed E-state index contributed by atoms with van der Waals surface area (Å²) in [5.41, 5.74) is 2.31. The Kier molecular flexibility index (Phi) is 5.22. The van der Waals surface area contributed by atoms with Crippen molar-refractivity contribution in [1.29, 1.82) is 0 Å². The van der Waals surface area contributed by atoms with Crippen molar-refractivity contribution in [3.05, 3.63) is 59.7 Å². The molecule has 2 aromatic carbocycles. The Morgan fingerprint density at radius 3 is 2.53 bits per heavy atom. The number of H-pyrrole nitrogens is 1. The largest absolute Gasteiger partial charge is 0.496 e. The number of ether oxygens (including phenoxy) is 1. The van der Waals surface area contributed by atoms with Gasteiger partial charge in [0.2, 0.25) is 11.9 Å².